The molecule has 0 spiro atoms. The number of nitrogen functional groups attached to an aromatic ring is 1. The van der Waals surface area contributed by atoms with Gasteiger partial charge in [0.1, 0.15) is 7.85 Å². The molecule has 2 aromatic rings. The Hall–Kier alpha value is -1.91. The Morgan fingerprint density at radius 3 is 2.33 bits per heavy atom. The van der Waals surface area contributed by atoms with E-state index in [9.17, 15) is 0 Å². The molecule has 92 valence electrons. The van der Waals surface area contributed by atoms with Gasteiger partial charge in [-0.15, -0.1) is 10.2 Å². The molecule has 0 saturated heterocycles. The second kappa shape index (κ2) is 5.17. The average Bonchev–Trinajstić information content (AvgIpc) is 2.30. The van der Waals surface area contributed by atoms with Gasteiger partial charge in [0, 0.05) is 6.42 Å². The molecule has 0 aliphatic carbocycles. The lowest BCUT2D eigenvalue weighted by atomic mass is 9.97. The molecular weight excluding hydrogens is 223 g/mol. The van der Waals surface area contributed by atoms with E-state index in [2.05, 4.69) is 55.1 Å². The fourth-order valence-corrected chi connectivity index (χ4v) is 2.18. The Labute approximate surface area is 108 Å². The molecule has 2 N–H and O–H groups in total. The van der Waals surface area contributed by atoms with Gasteiger partial charge in [0.15, 0.2) is 0 Å². The highest BCUT2D eigenvalue weighted by atomic mass is 15.2. The summed E-state index contributed by atoms with van der Waals surface area (Å²) in [4.78, 5) is 4.24. The van der Waals surface area contributed by atoms with Gasteiger partial charge in [0.25, 0.3) is 0 Å². The zero-order valence-electron chi connectivity index (χ0n) is 11.1. The molecule has 0 atom stereocenters. The van der Waals surface area contributed by atoms with Crippen molar-refractivity contribution in [2.75, 3.05) is 5.73 Å². The van der Waals surface area contributed by atoms with E-state index in [-0.39, 0.29) is 5.95 Å². The third kappa shape index (κ3) is 2.86. The van der Waals surface area contributed by atoms with Crippen molar-refractivity contribution in [2.45, 2.75) is 26.6 Å². The summed E-state index contributed by atoms with van der Waals surface area (Å²) in [6, 6.07) is 6.51. The van der Waals surface area contributed by atoms with Gasteiger partial charge >= 0.3 is 0 Å². The van der Waals surface area contributed by atoms with Crippen molar-refractivity contribution in [1.29, 1.82) is 0 Å². The van der Waals surface area contributed by atoms with E-state index < -0.39 is 0 Å². The Morgan fingerprint density at radius 1 is 1.06 bits per heavy atom. The molecular formula is C13H17BN4. The van der Waals surface area contributed by atoms with Gasteiger partial charge in [0.2, 0.25) is 5.95 Å². The zero-order valence-corrected chi connectivity index (χ0v) is 11.1. The van der Waals surface area contributed by atoms with E-state index in [0.29, 0.717) is 0 Å². The Kier molecular flexibility index (Phi) is 3.60. The highest BCUT2D eigenvalue weighted by Gasteiger charge is 2.07. The van der Waals surface area contributed by atoms with Gasteiger partial charge < -0.3 is 5.73 Å². The van der Waals surface area contributed by atoms with Crippen molar-refractivity contribution >= 4 is 13.8 Å². The maximum absolute atomic E-state index is 5.56. The fourth-order valence-electron chi connectivity index (χ4n) is 2.18. The third-order valence-corrected chi connectivity index (χ3v) is 2.84. The normalized spacial score (nSPS) is 10.6. The first kappa shape index (κ1) is 12.5. The average molecular weight is 240 g/mol. The predicted molar refractivity (Wildman–Crippen MR) is 75.2 cm³/mol. The SMILES string of the molecule is BCc1nc(N)nnc1Cc1cc(C)cc(C)c1. The standard InChI is InChI=1S/C13H17BN4/c1-8-3-9(2)5-10(4-8)6-11-12(7-14)16-13(15)18-17-11/h3-5H,6-7,14H2,1-2H3,(H2,15,16,18). The minimum atomic E-state index is 0.246. The minimum Gasteiger partial charge on any atom is -0.366 e. The van der Waals surface area contributed by atoms with E-state index >= 15 is 0 Å². The van der Waals surface area contributed by atoms with Crippen molar-refractivity contribution in [2.24, 2.45) is 0 Å². The maximum Gasteiger partial charge on any atom is 0.240 e. The van der Waals surface area contributed by atoms with Crippen LogP contribution in [0.25, 0.3) is 0 Å². The lowest BCUT2D eigenvalue weighted by Gasteiger charge is -2.07. The Balaban J connectivity index is 2.33. The van der Waals surface area contributed by atoms with Crippen LogP contribution in [0, 0.1) is 13.8 Å². The minimum absolute atomic E-state index is 0.246. The lowest BCUT2D eigenvalue weighted by molar-refractivity contribution is 0.868. The molecule has 0 aliphatic heterocycles. The van der Waals surface area contributed by atoms with Crippen LogP contribution in [0.4, 0.5) is 5.95 Å². The molecule has 0 aliphatic rings. The van der Waals surface area contributed by atoms with Gasteiger partial charge in [-0.2, -0.15) is 0 Å². The molecule has 0 amide bonds. The number of rotatable bonds is 3. The summed E-state index contributed by atoms with van der Waals surface area (Å²) in [5.41, 5.74) is 11.2. The fraction of sp³-hybridized carbons (Fsp3) is 0.308. The number of aromatic nitrogens is 3. The first-order valence-corrected chi connectivity index (χ1v) is 6.13. The van der Waals surface area contributed by atoms with Crippen LogP contribution >= 0.6 is 0 Å². The first-order valence-electron chi connectivity index (χ1n) is 6.13. The van der Waals surface area contributed by atoms with Crippen LogP contribution in [-0.2, 0) is 12.7 Å². The molecule has 0 fully saturated rings. The number of nitrogens with zero attached hydrogens (tertiary/aromatic N) is 3. The molecule has 2 rings (SSSR count). The monoisotopic (exact) mass is 240 g/mol. The van der Waals surface area contributed by atoms with Gasteiger partial charge in [-0.3, -0.25) is 0 Å². The van der Waals surface area contributed by atoms with Crippen LogP contribution in [-0.4, -0.2) is 23.0 Å². The number of aryl methyl sites for hydroxylation is 2. The summed E-state index contributed by atoms with van der Waals surface area (Å²) in [6.07, 6.45) is 1.58. The van der Waals surface area contributed by atoms with Crippen LogP contribution in [0.2, 0.25) is 0 Å². The van der Waals surface area contributed by atoms with Crippen LogP contribution in [0.3, 0.4) is 0 Å². The highest BCUT2D eigenvalue weighted by molar-refractivity contribution is 6.08. The maximum atomic E-state index is 5.56. The van der Waals surface area contributed by atoms with Crippen molar-refractivity contribution in [3.8, 4) is 0 Å². The second-order valence-corrected chi connectivity index (χ2v) is 4.59. The first-order chi connectivity index (χ1) is 8.58. The van der Waals surface area contributed by atoms with Gasteiger partial charge in [-0.1, -0.05) is 29.3 Å². The largest absolute Gasteiger partial charge is 0.366 e. The summed E-state index contributed by atoms with van der Waals surface area (Å²) in [5, 5.41) is 8.01. The molecule has 1 heterocycles. The van der Waals surface area contributed by atoms with E-state index in [0.717, 1.165) is 24.1 Å². The van der Waals surface area contributed by atoms with Crippen molar-refractivity contribution in [3.05, 3.63) is 46.3 Å². The van der Waals surface area contributed by atoms with E-state index in [1.807, 2.05) is 0 Å². The number of nitrogens with two attached hydrogens (primary N) is 1. The van der Waals surface area contributed by atoms with E-state index in [1.165, 1.54) is 16.7 Å². The van der Waals surface area contributed by atoms with Crippen LogP contribution in [0.15, 0.2) is 18.2 Å². The summed E-state index contributed by atoms with van der Waals surface area (Å²) in [5.74, 6) is 0.246. The molecule has 1 aromatic carbocycles. The van der Waals surface area contributed by atoms with Crippen molar-refractivity contribution in [3.63, 3.8) is 0 Å². The van der Waals surface area contributed by atoms with Gasteiger partial charge in [0.05, 0.1) is 11.4 Å². The topological polar surface area (TPSA) is 64.7 Å². The molecule has 5 heteroatoms. The Morgan fingerprint density at radius 2 is 1.72 bits per heavy atom. The second-order valence-electron chi connectivity index (χ2n) is 4.59. The Bertz CT molecular complexity index is 549. The summed E-state index contributed by atoms with van der Waals surface area (Å²) in [7, 11) is 2.05. The van der Waals surface area contributed by atoms with Crippen LogP contribution in [0.1, 0.15) is 28.1 Å². The molecule has 18 heavy (non-hydrogen) atoms. The van der Waals surface area contributed by atoms with Crippen molar-refractivity contribution in [1.82, 2.24) is 15.2 Å². The van der Waals surface area contributed by atoms with E-state index in [1.54, 1.807) is 0 Å². The summed E-state index contributed by atoms with van der Waals surface area (Å²) < 4.78 is 0. The predicted octanol–water partition coefficient (Wildman–Crippen LogP) is 0.795. The van der Waals surface area contributed by atoms with Crippen LogP contribution in [0.5, 0.6) is 0 Å². The van der Waals surface area contributed by atoms with Gasteiger partial charge in [-0.05, 0) is 25.7 Å². The van der Waals surface area contributed by atoms with Gasteiger partial charge in [-0.25, -0.2) is 4.98 Å². The number of hydrogen-bond acceptors (Lipinski definition) is 4. The highest BCUT2D eigenvalue weighted by Crippen LogP contribution is 2.14. The zero-order chi connectivity index (χ0) is 13.1. The van der Waals surface area contributed by atoms with Crippen LogP contribution < -0.4 is 5.73 Å². The summed E-state index contributed by atoms with van der Waals surface area (Å²) >= 11 is 0. The number of benzene rings is 1. The third-order valence-electron chi connectivity index (χ3n) is 2.84. The summed E-state index contributed by atoms with van der Waals surface area (Å²) in [6.45, 7) is 4.20. The smallest absolute Gasteiger partial charge is 0.240 e. The molecule has 1 aromatic heterocycles. The van der Waals surface area contributed by atoms with Crippen molar-refractivity contribution < 1.29 is 0 Å². The quantitative estimate of drug-likeness (QED) is 0.805. The molecule has 4 nitrogen and oxygen atoms in total. The number of anilines is 1. The number of hydrogen-bond donors (Lipinski definition) is 1. The lowest BCUT2D eigenvalue weighted by Crippen LogP contribution is -2.08. The van der Waals surface area contributed by atoms with E-state index in [4.69, 9.17) is 5.73 Å². The molecule has 0 unspecified atom stereocenters. The molecule has 0 radical (unpaired) electrons. The molecule has 0 bridgehead atoms. The molecule has 0 saturated carbocycles.